The van der Waals surface area contributed by atoms with Crippen molar-refractivity contribution in [3.05, 3.63) is 57.8 Å². The molecule has 0 fully saturated rings. The highest BCUT2D eigenvalue weighted by Gasteiger charge is 2.13. The van der Waals surface area contributed by atoms with Gasteiger partial charge in [0, 0.05) is 23.6 Å². The third-order valence-corrected chi connectivity index (χ3v) is 3.88. The SMILES string of the molecule is Nc1ccc(Cc2csc(C(=O)C=C(O)c3nn[nH]n3)n2)cc1. The van der Waals surface area contributed by atoms with Gasteiger partial charge in [0.2, 0.25) is 11.6 Å². The maximum atomic E-state index is 12.1. The number of aromatic nitrogens is 5. The van der Waals surface area contributed by atoms with Gasteiger partial charge in [-0.2, -0.15) is 5.21 Å². The number of aliphatic hydroxyl groups excluding tert-OH is 1. The number of tetrazole rings is 1. The largest absolute Gasteiger partial charge is 0.504 e. The molecule has 3 rings (SSSR count). The number of aromatic amines is 1. The molecule has 0 spiro atoms. The van der Waals surface area contributed by atoms with Gasteiger partial charge >= 0.3 is 0 Å². The maximum absolute atomic E-state index is 12.1. The van der Waals surface area contributed by atoms with Crippen LogP contribution in [0.25, 0.3) is 5.76 Å². The number of nitrogens with one attached hydrogen (secondary N) is 1. The van der Waals surface area contributed by atoms with Crippen LogP contribution in [0.2, 0.25) is 0 Å². The zero-order chi connectivity index (χ0) is 16.2. The van der Waals surface area contributed by atoms with Crippen molar-refractivity contribution in [2.45, 2.75) is 6.42 Å². The molecule has 0 aliphatic rings. The van der Waals surface area contributed by atoms with Gasteiger partial charge in [0.05, 0.1) is 5.69 Å². The quantitative estimate of drug-likeness (QED) is 0.281. The first-order valence-corrected chi connectivity index (χ1v) is 7.47. The highest BCUT2D eigenvalue weighted by atomic mass is 32.1. The standard InChI is InChI=1S/C14H12N6O2S/c15-9-3-1-8(2-4-9)5-10-7-23-14(16-10)12(22)6-11(21)13-17-19-20-18-13/h1-4,6-7,21H,5,15H2,(H,17,18,19,20). The van der Waals surface area contributed by atoms with Crippen molar-refractivity contribution in [1.82, 2.24) is 25.6 Å². The summed E-state index contributed by atoms with van der Waals surface area (Å²) in [6, 6.07) is 7.47. The number of nitrogens with two attached hydrogens (primary N) is 1. The monoisotopic (exact) mass is 328 g/mol. The molecule has 3 aromatic rings. The van der Waals surface area contributed by atoms with Crippen LogP contribution < -0.4 is 5.73 Å². The lowest BCUT2D eigenvalue weighted by atomic mass is 10.1. The number of hydrogen-bond acceptors (Lipinski definition) is 8. The maximum Gasteiger partial charge on any atom is 0.239 e. The van der Waals surface area contributed by atoms with Crippen molar-refractivity contribution >= 4 is 28.6 Å². The number of H-pyrrole nitrogens is 1. The molecule has 8 nitrogen and oxygen atoms in total. The van der Waals surface area contributed by atoms with E-state index in [1.165, 1.54) is 11.3 Å². The average Bonchev–Trinajstić information content (AvgIpc) is 3.21. The Kier molecular flexibility index (Phi) is 4.11. The second-order valence-electron chi connectivity index (χ2n) is 4.69. The van der Waals surface area contributed by atoms with Crippen LogP contribution in [0.5, 0.6) is 0 Å². The molecule has 0 amide bonds. The molecule has 0 saturated heterocycles. The fourth-order valence-electron chi connectivity index (χ4n) is 1.87. The second-order valence-corrected chi connectivity index (χ2v) is 5.55. The van der Waals surface area contributed by atoms with E-state index < -0.39 is 5.78 Å². The molecular formula is C14H12N6O2S. The lowest BCUT2D eigenvalue weighted by Gasteiger charge is -1.98. The number of thiazole rings is 1. The number of ketones is 1. The van der Waals surface area contributed by atoms with Crippen LogP contribution in [0.3, 0.4) is 0 Å². The lowest BCUT2D eigenvalue weighted by molar-refractivity contribution is 0.104. The summed E-state index contributed by atoms with van der Waals surface area (Å²) >= 11 is 1.21. The summed E-state index contributed by atoms with van der Waals surface area (Å²) in [7, 11) is 0. The molecule has 0 aliphatic heterocycles. The molecule has 0 aliphatic carbocycles. The second kappa shape index (κ2) is 6.36. The summed E-state index contributed by atoms with van der Waals surface area (Å²) in [6.07, 6.45) is 1.63. The molecule has 9 heteroatoms. The fraction of sp³-hybridized carbons (Fsp3) is 0.0714. The normalized spacial score (nSPS) is 11.6. The molecule has 1 aromatic carbocycles. The zero-order valence-corrected chi connectivity index (χ0v) is 12.6. The summed E-state index contributed by atoms with van der Waals surface area (Å²) in [5.41, 5.74) is 8.17. The van der Waals surface area contributed by atoms with Gasteiger partial charge in [-0.1, -0.05) is 12.1 Å². The molecule has 2 heterocycles. The highest BCUT2D eigenvalue weighted by molar-refractivity contribution is 7.11. The number of nitrogens with zero attached hydrogens (tertiary/aromatic N) is 4. The molecule has 4 N–H and O–H groups in total. The van der Waals surface area contributed by atoms with Gasteiger partial charge in [0.25, 0.3) is 0 Å². The molecule has 0 saturated carbocycles. The number of aliphatic hydroxyl groups is 1. The van der Waals surface area contributed by atoms with E-state index in [2.05, 4.69) is 25.6 Å². The van der Waals surface area contributed by atoms with Gasteiger partial charge in [-0.15, -0.1) is 21.5 Å². The van der Waals surface area contributed by atoms with Crippen molar-refractivity contribution in [2.24, 2.45) is 0 Å². The van der Waals surface area contributed by atoms with Crippen LogP contribution in [-0.2, 0) is 6.42 Å². The molecule has 2 aromatic heterocycles. The molecule has 0 unspecified atom stereocenters. The van der Waals surface area contributed by atoms with Crippen LogP contribution in [0.4, 0.5) is 5.69 Å². The van der Waals surface area contributed by atoms with Crippen molar-refractivity contribution in [3.8, 4) is 0 Å². The number of anilines is 1. The van der Waals surface area contributed by atoms with Crippen LogP contribution in [-0.4, -0.2) is 36.5 Å². The lowest BCUT2D eigenvalue weighted by Crippen LogP contribution is -1.98. The third-order valence-electron chi connectivity index (χ3n) is 2.97. The predicted molar refractivity (Wildman–Crippen MR) is 84.9 cm³/mol. The molecule has 0 bridgehead atoms. The van der Waals surface area contributed by atoms with Crippen molar-refractivity contribution < 1.29 is 9.90 Å². The van der Waals surface area contributed by atoms with Gasteiger partial charge in [0.1, 0.15) is 0 Å². The first kappa shape index (κ1) is 14.9. The summed E-state index contributed by atoms with van der Waals surface area (Å²) in [6.45, 7) is 0. The summed E-state index contributed by atoms with van der Waals surface area (Å²) < 4.78 is 0. The topological polar surface area (TPSA) is 131 Å². The number of hydrogen-bond donors (Lipinski definition) is 3. The van der Waals surface area contributed by atoms with E-state index in [9.17, 15) is 9.90 Å². The van der Waals surface area contributed by atoms with Crippen molar-refractivity contribution in [1.29, 1.82) is 0 Å². The van der Waals surface area contributed by atoms with Gasteiger partial charge in [-0.05, 0) is 22.9 Å². The van der Waals surface area contributed by atoms with Crippen molar-refractivity contribution in [3.63, 3.8) is 0 Å². The van der Waals surface area contributed by atoms with Crippen LogP contribution >= 0.6 is 11.3 Å². The Hall–Kier alpha value is -3.07. The summed E-state index contributed by atoms with van der Waals surface area (Å²) in [4.78, 5) is 16.3. The Morgan fingerprint density at radius 3 is 2.83 bits per heavy atom. The fourth-order valence-corrected chi connectivity index (χ4v) is 2.60. The Bertz CT molecular complexity index is 839. The van der Waals surface area contributed by atoms with E-state index in [0.717, 1.165) is 17.3 Å². The van der Waals surface area contributed by atoms with Crippen LogP contribution in [0.15, 0.2) is 35.7 Å². The molecule has 116 valence electrons. The van der Waals surface area contributed by atoms with E-state index in [0.29, 0.717) is 12.1 Å². The molecular weight excluding hydrogens is 316 g/mol. The first-order valence-electron chi connectivity index (χ1n) is 6.59. The van der Waals surface area contributed by atoms with Crippen molar-refractivity contribution in [2.75, 3.05) is 5.73 Å². The molecule has 0 radical (unpaired) electrons. The first-order chi connectivity index (χ1) is 11.1. The Labute approximate surface area is 134 Å². The number of nitrogen functional groups attached to an aromatic ring is 1. The van der Waals surface area contributed by atoms with Gasteiger partial charge in [-0.3, -0.25) is 4.79 Å². The number of carbonyl (C=O) groups excluding carboxylic acids is 1. The smallest absolute Gasteiger partial charge is 0.239 e. The van der Waals surface area contributed by atoms with E-state index in [1.807, 2.05) is 29.6 Å². The minimum Gasteiger partial charge on any atom is -0.504 e. The highest BCUT2D eigenvalue weighted by Crippen LogP contribution is 2.17. The van der Waals surface area contributed by atoms with E-state index >= 15 is 0 Å². The minimum absolute atomic E-state index is 0.0444. The Balaban J connectivity index is 1.72. The predicted octanol–water partition coefficient (Wildman–Crippen LogP) is 1.61. The third kappa shape index (κ3) is 3.58. The van der Waals surface area contributed by atoms with Gasteiger partial charge in [0.15, 0.2) is 10.8 Å². The van der Waals surface area contributed by atoms with Gasteiger partial charge in [-0.25, -0.2) is 4.98 Å². The van der Waals surface area contributed by atoms with Crippen LogP contribution in [0, 0.1) is 0 Å². The number of benzene rings is 1. The van der Waals surface area contributed by atoms with E-state index in [-0.39, 0.29) is 16.6 Å². The van der Waals surface area contributed by atoms with E-state index in [4.69, 9.17) is 5.73 Å². The number of allylic oxidation sites excluding steroid dienone is 1. The minimum atomic E-state index is -0.416. The van der Waals surface area contributed by atoms with E-state index in [1.54, 1.807) is 0 Å². The average molecular weight is 328 g/mol. The molecule has 0 atom stereocenters. The number of rotatable bonds is 5. The Morgan fingerprint density at radius 1 is 1.35 bits per heavy atom. The Morgan fingerprint density at radius 2 is 2.13 bits per heavy atom. The molecule has 23 heavy (non-hydrogen) atoms. The number of carbonyl (C=O) groups is 1. The van der Waals surface area contributed by atoms with Crippen LogP contribution in [0.1, 0.15) is 26.9 Å². The van der Waals surface area contributed by atoms with Gasteiger partial charge < -0.3 is 10.8 Å². The zero-order valence-electron chi connectivity index (χ0n) is 11.8. The summed E-state index contributed by atoms with van der Waals surface area (Å²) in [5, 5.41) is 24.5. The summed E-state index contributed by atoms with van der Waals surface area (Å²) in [5.74, 6) is -0.822.